The Hall–Kier alpha value is -3.14. The van der Waals surface area contributed by atoms with Crippen molar-refractivity contribution >= 4 is 24.1 Å². The zero-order chi connectivity index (χ0) is 21.9. The van der Waals surface area contributed by atoms with Gasteiger partial charge in [0, 0.05) is 12.8 Å². The summed E-state index contributed by atoms with van der Waals surface area (Å²) in [6.45, 7) is 0. The normalized spacial score (nSPS) is 10.5. The Balaban J connectivity index is 0.000000300. The van der Waals surface area contributed by atoms with Crippen LogP contribution < -0.4 is 0 Å². The van der Waals surface area contributed by atoms with Crippen LogP contribution in [0.5, 0.6) is 0 Å². The Kier molecular flexibility index (Phi) is 13.9. The average molecular weight is 409 g/mol. The van der Waals surface area contributed by atoms with Crippen LogP contribution in [0.15, 0.2) is 72.8 Å². The molecule has 2 aromatic carbocycles. The summed E-state index contributed by atoms with van der Waals surface area (Å²) in [6, 6.07) is 20.2. The number of esters is 2. The van der Waals surface area contributed by atoms with Crippen molar-refractivity contribution in [2.45, 2.75) is 38.5 Å². The van der Waals surface area contributed by atoms with Gasteiger partial charge in [0.2, 0.25) is 0 Å². The van der Waals surface area contributed by atoms with E-state index in [-0.39, 0.29) is 11.9 Å². The quantitative estimate of drug-likeness (QED) is 0.353. The molecule has 0 bridgehead atoms. The Bertz CT molecular complexity index is 697. The van der Waals surface area contributed by atoms with Gasteiger partial charge in [-0.1, -0.05) is 85.0 Å². The van der Waals surface area contributed by atoms with Crippen LogP contribution in [0.25, 0.3) is 12.2 Å². The fourth-order valence-corrected chi connectivity index (χ4v) is 2.50. The molecular formula is C26H32O4. The second-order valence-corrected chi connectivity index (χ2v) is 6.56. The van der Waals surface area contributed by atoms with Crippen LogP contribution in [0, 0.1) is 0 Å². The minimum atomic E-state index is -0.136. The SMILES string of the molecule is COC(=O)CCC/C=C/c1ccccc1.COC(=O)CCC/C=C\c1ccccc1. The van der Waals surface area contributed by atoms with E-state index < -0.39 is 0 Å². The predicted octanol–water partition coefficient (Wildman–Crippen LogP) is 6.09. The number of methoxy groups -OCH3 is 2. The van der Waals surface area contributed by atoms with Crippen molar-refractivity contribution < 1.29 is 19.1 Å². The summed E-state index contributed by atoms with van der Waals surface area (Å²) in [7, 11) is 2.84. The van der Waals surface area contributed by atoms with Gasteiger partial charge in [-0.3, -0.25) is 9.59 Å². The lowest BCUT2D eigenvalue weighted by molar-refractivity contribution is -0.141. The van der Waals surface area contributed by atoms with E-state index in [1.165, 1.54) is 25.3 Å². The molecule has 160 valence electrons. The maximum absolute atomic E-state index is 10.8. The lowest BCUT2D eigenvalue weighted by Crippen LogP contribution is -1.98. The second kappa shape index (κ2) is 16.8. The minimum absolute atomic E-state index is 0.136. The molecular weight excluding hydrogens is 376 g/mol. The van der Waals surface area contributed by atoms with Crippen LogP contribution in [0.2, 0.25) is 0 Å². The number of hydrogen-bond donors (Lipinski definition) is 0. The van der Waals surface area contributed by atoms with Crippen molar-refractivity contribution in [3.05, 3.63) is 83.9 Å². The monoisotopic (exact) mass is 408 g/mol. The molecule has 0 aliphatic carbocycles. The van der Waals surface area contributed by atoms with Crippen molar-refractivity contribution in [3.8, 4) is 0 Å². The van der Waals surface area contributed by atoms with Gasteiger partial charge in [-0.15, -0.1) is 0 Å². The van der Waals surface area contributed by atoms with Gasteiger partial charge in [0.05, 0.1) is 14.2 Å². The Morgan fingerprint density at radius 3 is 1.37 bits per heavy atom. The first kappa shape index (κ1) is 24.9. The first-order valence-corrected chi connectivity index (χ1v) is 10.2. The maximum atomic E-state index is 10.8. The van der Waals surface area contributed by atoms with E-state index in [4.69, 9.17) is 0 Å². The molecule has 0 amide bonds. The molecule has 0 atom stereocenters. The number of rotatable bonds is 10. The molecule has 0 heterocycles. The van der Waals surface area contributed by atoms with Gasteiger partial charge in [-0.25, -0.2) is 0 Å². The molecule has 0 saturated carbocycles. The Morgan fingerprint density at radius 2 is 1.03 bits per heavy atom. The summed E-state index contributed by atoms with van der Waals surface area (Å²) in [6.07, 6.45) is 12.8. The van der Waals surface area contributed by atoms with Crippen molar-refractivity contribution in [1.82, 2.24) is 0 Å². The lowest BCUT2D eigenvalue weighted by atomic mass is 10.1. The van der Waals surface area contributed by atoms with Gasteiger partial charge in [0.25, 0.3) is 0 Å². The molecule has 4 nitrogen and oxygen atoms in total. The van der Waals surface area contributed by atoms with Crippen LogP contribution in [-0.2, 0) is 19.1 Å². The molecule has 0 N–H and O–H groups in total. The van der Waals surface area contributed by atoms with Crippen LogP contribution >= 0.6 is 0 Å². The van der Waals surface area contributed by atoms with E-state index in [0.29, 0.717) is 12.8 Å². The number of carbonyl (C=O) groups excluding carboxylic acids is 2. The second-order valence-electron chi connectivity index (χ2n) is 6.56. The number of ether oxygens (including phenoxy) is 2. The molecule has 2 rings (SSSR count). The highest BCUT2D eigenvalue weighted by molar-refractivity contribution is 5.69. The van der Waals surface area contributed by atoms with E-state index >= 15 is 0 Å². The van der Waals surface area contributed by atoms with Crippen molar-refractivity contribution in [3.63, 3.8) is 0 Å². The average Bonchev–Trinajstić information content (AvgIpc) is 2.80. The molecule has 0 aromatic heterocycles. The Morgan fingerprint density at radius 1 is 0.667 bits per heavy atom. The highest BCUT2D eigenvalue weighted by Crippen LogP contribution is 2.05. The van der Waals surface area contributed by atoms with Crippen LogP contribution in [0.4, 0.5) is 0 Å². The zero-order valence-corrected chi connectivity index (χ0v) is 18.0. The molecule has 2 aromatic rings. The largest absolute Gasteiger partial charge is 0.469 e. The topological polar surface area (TPSA) is 52.6 Å². The number of hydrogen-bond acceptors (Lipinski definition) is 4. The summed E-state index contributed by atoms with van der Waals surface area (Å²) in [4.78, 5) is 21.6. The fourth-order valence-electron chi connectivity index (χ4n) is 2.50. The number of unbranched alkanes of at least 4 members (excludes halogenated alkanes) is 2. The highest BCUT2D eigenvalue weighted by atomic mass is 16.5. The summed E-state index contributed by atoms with van der Waals surface area (Å²) < 4.78 is 9.10. The molecule has 0 aliphatic heterocycles. The minimum Gasteiger partial charge on any atom is -0.469 e. The van der Waals surface area contributed by atoms with Gasteiger partial charge in [-0.2, -0.15) is 0 Å². The van der Waals surface area contributed by atoms with Crippen LogP contribution in [-0.4, -0.2) is 26.2 Å². The fraction of sp³-hybridized carbons (Fsp3) is 0.308. The number of carbonyl (C=O) groups is 2. The molecule has 0 spiro atoms. The zero-order valence-electron chi connectivity index (χ0n) is 18.0. The van der Waals surface area contributed by atoms with Gasteiger partial charge in [0.15, 0.2) is 0 Å². The first-order valence-electron chi connectivity index (χ1n) is 10.2. The summed E-state index contributed by atoms with van der Waals surface area (Å²) in [5.74, 6) is -0.272. The molecule has 0 fully saturated rings. The Labute approximate surface area is 180 Å². The van der Waals surface area contributed by atoms with Crippen molar-refractivity contribution in [2.75, 3.05) is 14.2 Å². The van der Waals surface area contributed by atoms with Crippen molar-refractivity contribution in [2.24, 2.45) is 0 Å². The predicted molar refractivity (Wildman–Crippen MR) is 123 cm³/mol. The molecule has 4 heteroatoms. The van der Waals surface area contributed by atoms with E-state index in [2.05, 4.69) is 58.0 Å². The smallest absolute Gasteiger partial charge is 0.305 e. The third-order valence-electron chi connectivity index (χ3n) is 4.18. The summed E-state index contributed by atoms with van der Waals surface area (Å²) in [5, 5.41) is 0. The molecule has 0 saturated heterocycles. The van der Waals surface area contributed by atoms with E-state index in [1.54, 1.807) is 0 Å². The van der Waals surface area contributed by atoms with Crippen LogP contribution in [0.3, 0.4) is 0 Å². The van der Waals surface area contributed by atoms with Crippen LogP contribution in [0.1, 0.15) is 49.7 Å². The molecule has 0 unspecified atom stereocenters. The standard InChI is InChI=1S/2C13H16O2/c2*1-15-13(14)11-7-3-6-10-12-8-4-2-5-9-12/h2*2,4-6,8-10H,3,7,11H2,1H3/b10-6+;10-6-. The van der Waals surface area contributed by atoms with E-state index in [9.17, 15) is 9.59 Å². The third-order valence-corrected chi connectivity index (χ3v) is 4.18. The maximum Gasteiger partial charge on any atom is 0.305 e. The molecule has 0 aliphatic rings. The number of benzene rings is 2. The summed E-state index contributed by atoms with van der Waals surface area (Å²) in [5.41, 5.74) is 2.38. The number of allylic oxidation sites excluding steroid dienone is 2. The molecule has 0 radical (unpaired) electrons. The van der Waals surface area contributed by atoms with E-state index in [1.807, 2.05) is 36.4 Å². The van der Waals surface area contributed by atoms with E-state index in [0.717, 1.165) is 25.7 Å². The molecule has 30 heavy (non-hydrogen) atoms. The van der Waals surface area contributed by atoms with Gasteiger partial charge >= 0.3 is 11.9 Å². The highest BCUT2D eigenvalue weighted by Gasteiger charge is 1.97. The van der Waals surface area contributed by atoms with Gasteiger partial charge < -0.3 is 9.47 Å². The van der Waals surface area contributed by atoms with Gasteiger partial charge in [0.1, 0.15) is 0 Å². The van der Waals surface area contributed by atoms with Crippen molar-refractivity contribution in [1.29, 1.82) is 0 Å². The lowest BCUT2D eigenvalue weighted by Gasteiger charge is -1.96. The third kappa shape index (κ3) is 13.1. The summed E-state index contributed by atoms with van der Waals surface area (Å²) >= 11 is 0. The van der Waals surface area contributed by atoms with Gasteiger partial charge in [-0.05, 0) is 36.8 Å². The first-order chi connectivity index (χ1) is 14.7.